The summed E-state index contributed by atoms with van der Waals surface area (Å²) in [6, 6.07) is 0.455. The molecule has 102 valence electrons. The van der Waals surface area contributed by atoms with E-state index in [1.54, 1.807) is 6.92 Å². The van der Waals surface area contributed by atoms with Crippen molar-refractivity contribution in [2.24, 2.45) is 11.1 Å². The Hall–Kier alpha value is -0.610. The first kappa shape index (κ1) is 16.4. The molecule has 0 spiro atoms. The summed E-state index contributed by atoms with van der Waals surface area (Å²) >= 11 is 0. The fourth-order valence-electron chi connectivity index (χ4n) is 1.66. The second-order valence-electron chi connectivity index (χ2n) is 6.35. The second kappa shape index (κ2) is 5.83. The summed E-state index contributed by atoms with van der Waals surface area (Å²) in [5, 5.41) is 8.91. The molecule has 4 heteroatoms. The minimum Gasteiger partial charge on any atom is -0.480 e. The van der Waals surface area contributed by atoms with Crippen LogP contribution in [0.3, 0.4) is 0 Å². The molecule has 0 aromatic heterocycles. The van der Waals surface area contributed by atoms with Gasteiger partial charge in [-0.25, -0.2) is 0 Å². The summed E-state index contributed by atoms with van der Waals surface area (Å²) in [5.41, 5.74) is 4.81. The molecule has 4 nitrogen and oxygen atoms in total. The number of carboxylic acids is 1. The number of hydrogen-bond acceptors (Lipinski definition) is 3. The van der Waals surface area contributed by atoms with Gasteiger partial charge in [-0.05, 0) is 45.7 Å². The normalized spacial score (nSPS) is 17.9. The molecule has 0 aromatic rings. The van der Waals surface area contributed by atoms with E-state index in [0.29, 0.717) is 12.5 Å². The van der Waals surface area contributed by atoms with Gasteiger partial charge in [-0.3, -0.25) is 4.79 Å². The molecule has 0 rings (SSSR count). The summed E-state index contributed by atoms with van der Waals surface area (Å²) < 4.78 is 0. The van der Waals surface area contributed by atoms with Crippen molar-refractivity contribution in [1.82, 2.24) is 4.90 Å². The van der Waals surface area contributed by atoms with E-state index >= 15 is 0 Å². The number of rotatable bonds is 6. The molecule has 0 aliphatic carbocycles. The highest BCUT2D eigenvalue weighted by molar-refractivity contribution is 5.77. The van der Waals surface area contributed by atoms with E-state index in [0.717, 1.165) is 13.0 Å². The molecule has 0 saturated heterocycles. The van der Waals surface area contributed by atoms with E-state index in [-0.39, 0.29) is 5.41 Å². The maximum absolute atomic E-state index is 10.9. The van der Waals surface area contributed by atoms with E-state index in [2.05, 4.69) is 39.6 Å². The van der Waals surface area contributed by atoms with Crippen molar-refractivity contribution in [1.29, 1.82) is 0 Å². The Morgan fingerprint density at radius 2 is 1.82 bits per heavy atom. The SMILES string of the molecule is CC(N(C)CCCC(C)(N)C(=O)O)C(C)(C)C. The van der Waals surface area contributed by atoms with Crippen molar-refractivity contribution in [3.8, 4) is 0 Å². The zero-order valence-electron chi connectivity index (χ0n) is 12.1. The van der Waals surface area contributed by atoms with Crippen molar-refractivity contribution in [3.05, 3.63) is 0 Å². The number of nitrogens with two attached hydrogens (primary N) is 1. The van der Waals surface area contributed by atoms with Gasteiger partial charge in [0.05, 0.1) is 0 Å². The molecule has 3 N–H and O–H groups in total. The number of aliphatic carboxylic acids is 1. The van der Waals surface area contributed by atoms with E-state index in [9.17, 15) is 4.79 Å². The summed E-state index contributed by atoms with van der Waals surface area (Å²) in [6.45, 7) is 11.3. The van der Waals surface area contributed by atoms with Gasteiger partial charge in [0.25, 0.3) is 0 Å². The van der Waals surface area contributed by atoms with E-state index in [1.807, 2.05) is 0 Å². The van der Waals surface area contributed by atoms with Crippen LogP contribution < -0.4 is 5.73 Å². The van der Waals surface area contributed by atoms with Gasteiger partial charge in [-0.1, -0.05) is 20.8 Å². The van der Waals surface area contributed by atoms with Gasteiger partial charge in [0.15, 0.2) is 0 Å². The van der Waals surface area contributed by atoms with Crippen LogP contribution >= 0.6 is 0 Å². The lowest BCUT2D eigenvalue weighted by atomic mass is 9.87. The van der Waals surface area contributed by atoms with Crippen LogP contribution in [-0.2, 0) is 4.79 Å². The van der Waals surface area contributed by atoms with Crippen molar-refractivity contribution < 1.29 is 9.90 Å². The molecule has 0 bridgehead atoms. The largest absolute Gasteiger partial charge is 0.480 e. The molecule has 0 radical (unpaired) electrons. The number of carbonyl (C=O) groups is 1. The molecular weight excluding hydrogens is 216 g/mol. The zero-order chi connectivity index (χ0) is 13.9. The lowest BCUT2D eigenvalue weighted by Gasteiger charge is -2.35. The third-order valence-electron chi connectivity index (χ3n) is 3.61. The van der Waals surface area contributed by atoms with Crippen LogP contribution in [0.15, 0.2) is 0 Å². The molecule has 0 fully saturated rings. The maximum Gasteiger partial charge on any atom is 0.323 e. The fraction of sp³-hybridized carbons (Fsp3) is 0.923. The summed E-state index contributed by atoms with van der Waals surface area (Å²) in [4.78, 5) is 13.1. The molecule has 0 aliphatic heterocycles. The first-order valence-corrected chi connectivity index (χ1v) is 6.21. The fourth-order valence-corrected chi connectivity index (χ4v) is 1.66. The van der Waals surface area contributed by atoms with Crippen LogP contribution in [0.4, 0.5) is 0 Å². The minimum atomic E-state index is -1.11. The van der Waals surface area contributed by atoms with Gasteiger partial charge in [0.2, 0.25) is 0 Å². The number of carboxylic acid groups (broad SMARTS) is 1. The summed E-state index contributed by atoms with van der Waals surface area (Å²) in [5.74, 6) is -0.927. The van der Waals surface area contributed by atoms with Crippen LogP contribution in [-0.4, -0.2) is 41.1 Å². The molecule has 0 aliphatic rings. The predicted molar refractivity (Wildman–Crippen MR) is 71.0 cm³/mol. The van der Waals surface area contributed by atoms with Crippen LogP contribution in [0.2, 0.25) is 0 Å². The van der Waals surface area contributed by atoms with E-state index in [4.69, 9.17) is 10.8 Å². The minimum absolute atomic E-state index is 0.230. The van der Waals surface area contributed by atoms with Crippen molar-refractivity contribution in [2.75, 3.05) is 13.6 Å². The highest BCUT2D eigenvalue weighted by Crippen LogP contribution is 2.23. The Morgan fingerprint density at radius 1 is 1.35 bits per heavy atom. The van der Waals surface area contributed by atoms with Gasteiger partial charge in [0.1, 0.15) is 5.54 Å². The van der Waals surface area contributed by atoms with Gasteiger partial charge < -0.3 is 15.7 Å². The topological polar surface area (TPSA) is 66.6 Å². The lowest BCUT2D eigenvalue weighted by molar-refractivity contribution is -0.143. The number of hydrogen-bond donors (Lipinski definition) is 2. The van der Waals surface area contributed by atoms with Gasteiger partial charge >= 0.3 is 5.97 Å². The highest BCUT2D eigenvalue weighted by Gasteiger charge is 2.28. The van der Waals surface area contributed by atoms with Gasteiger partial charge in [-0.2, -0.15) is 0 Å². The molecule has 0 amide bonds. The second-order valence-corrected chi connectivity index (χ2v) is 6.35. The molecule has 17 heavy (non-hydrogen) atoms. The molecule has 2 unspecified atom stereocenters. The van der Waals surface area contributed by atoms with Crippen LogP contribution in [0.5, 0.6) is 0 Å². The molecule has 0 aromatic carbocycles. The van der Waals surface area contributed by atoms with Crippen LogP contribution in [0.25, 0.3) is 0 Å². The first-order chi connectivity index (χ1) is 7.48. The first-order valence-electron chi connectivity index (χ1n) is 6.21. The Bertz CT molecular complexity index is 257. The molecule has 2 atom stereocenters. The average molecular weight is 244 g/mol. The van der Waals surface area contributed by atoms with Crippen molar-refractivity contribution >= 4 is 5.97 Å². The molecular formula is C13H28N2O2. The Kier molecular flexibility index (Phi) is 5.62. The smallest absolute Gasteiger partial charge is 0.323 e. The van der Waals surface area contributed by atoms with Crippen molar-refractivity contribution in [3.63, 3.8) is 0 Å². The molecule has 0 heterocycles. The summed E-state index contributed by atoms with van der Waals surface area (Å²) in [7, 11) is 2.07. The van der Waals surface area contributed by atoms with Crippen LogP contribution in [0.1, 0.15) is 47.5 Å². The average Bonchev–Trinajstić information content (AvgIpc) is 2.14. The quantitative estimate of drug-likeness (QED) is 0.749. The van der Waals surface area contributed by atoms with Crippen LogP contribution in [0, 0.1) is 5.41 Å². The third-order valence-corrected chi connectivity index (χ3v) is 3.61. The molecule has 0 saturated carbocycles. The van der Waals surface area contributed by atoms with Gasteiger partial charge in [0, 0.05) is 6.04 Å². The Morgan fingerprint density at radius 3 is 2.18 bits per heavy atom. The van der Waals surface area contributed by atoms with E-state index < -0.39 is 11.5 Å². The Labute approximate surface area is 105 Å². The maximum atomic E-state index is 10.9. The predicted octanol–water partition coefficient (Wildman–Crippen LogP) is 1.93. The lowest BCUT2D eigenvalue weighted by Crippen LogP contribution is -2.46. The summed E-state index contributed by atoms with van der Waals surface area (Å²) in [6.07, 6.45) is 1.31. The Balaban J connectivity index is 4.11. The monoisotopic (exact) mass is 244 g/mol. The van der Waals surface area contributed by atoms with E-state index in [1.165, 1.54) is 0 Å². The van der Waals surface area contributed by atoms with Crippen molar-refractivity contribution in [2.45, 2.75) is 59.0 Å². The van der Waals surface area contributed by atoms with Gasteiger partial charge in [-0.15, -0.1) is 0 Å². The number of nitrogens with zero attached hydrogens (tertiary/aromatic N) is 1. The third kappa shape index (κ3) is 5.50. The highest BCUT2D eigenvalue weighted by atomic mass is 16.4. The zero-order valence-corrected chi connectivity index (χ0v) is 12.1. The standard InChI is InChI=1S/C13H28N2O2/c1-10(12(2,3)4)15(6)9-7-8-13(5,14)11(16)17/h10H,7-9,14H2,1-6H3,(H,16,17).